The van der Waals surface area contributed by atoms with Gasteiger partial charge < -0.3 is 4.90 Å². The largest absolute Gasteiger partial charge is 0.303 e. The van der Waals surface area contributed by atoms with Crippen LogP contribution >= 0.6 is 0 Å². The van der Waals surface area contributed by atoms with Gasteiger partial charge >= 0.3 is 0 Å². The van der Waals surface area contributed by atoms with Gasteiger partial charge in [0.05, 0.1) is 0 Å². The molecule has 0 aliphatic carbocycles. The van der Waals surface area contributed by atoms with Crippen molar-refractivity contribution >= 4 is 0 Å². The van der Waals surface area contributed by atoms with Gasteiger partial charge in [0.1, 0.15) is 0 Å². The van der Waals surface area contributed by atoms with Crippen molar-refractivity contribution < 1.29 is 0 Å². The van der Waals surface area contributed by atoms with Gasteiger partial charge in [-0.2, -0.15) is 0 Å². The molecule has 1 heterocycles. The summed E-state index contributed by atoms with van der Waals surface area (Å²) in [4.78, 5) is 2.70. The Morgan fingerprint density at radius 1 is 1.00 bits per heavy atom. The minimum Gasteiger partial charge on any atom is -0.303 e. The lowest BCUT2D eigenvalue weighted by molar-refractivity contribution is 0.186. The normalized spacial score (nSPS) is 20.4. The van der Waals surface area contributed by atoms with Crippen LogP contribution in [0, 0.1) is 5.92 Å². The van der Waals surface area contributed by atoms with Crippen molar-refractivity contribution in [3.8, 4) is 0 Å². The summed E-state index contributed by atoms with van der Waals surface area (Å²) in [7, 11) is 0. The second-order valence-corrected chi connectivity index (χ2v) is 5.13. The van der Waals surface area contributed by atoms with Crippen LogP contribution in [0.1, 0.15) is 65.2 Å². The lowest BCUT2D eigenvalue weighted by Crippen LogP contribution is -2.34. The van der Waals surface area contributed by atoms with E-state index in [1.54, 1.807) is 0 Å². The van der Waals surface area contributed by atoms with Gasteiger partial charge in [0.2, 0.25) is 0 Å². The van der Waals surface area contributed by atoms with Gasteiger partial charge in [0.15, 0.2) is 0 Å². The first-order chi connectivity index (χ1) is 7.36. The highest BCUT2D eigenvalue weighted by atomic mass is 15.1. The van der Waals surface area contributed by atoms with E-state index in [4.69, 9.17) is 0 Å². The Kier molecular flexibility index (Phi) is 7.08. The van der Waals surface area contributed by atoms with E-state index in [1.165, 1.54) is 71.0 Å². The van der Waals surface area contributed by atoms with Crippen molar-refractivity contribution in [3.05, 3.63) is 0 Å². The molecule has 0 radical (unpaired) electrons. The predicted octanol–water partition coefficient (Wildman–Crippen LogP) is 4.08. The highest BCUT2D eigenvalue weighted by Crippen LogP contribution is 2.17. The van der Waals surface area contributed by atoms with Crippen LogP contribution in [0.4, 0.5) is 0 Å². The number of hydrogen-bond donors (Lipinski definition) is 0. The zero-order chi connectivity index (χ0) is 10.9. The molecule has 1 rings (SSSR count). The number of piperidine rings is 1. The zero-order valence-electron chi connectivity index (χ0n) is 10.8. The number of rotatable bonds is 7. The molecule has 90 valence electrons. The van der Waals surface area contributed by atoms with Crippen molar-refractivity contribution in [2.24, 2.45) is 5.92 Å². The molecular weight excluding hydrogens is 182 g/mol. The van der Waals surface area contributed by atoms with Crippen LogP contribution in [-0.2, 0) is 0 Å². The number of unbranched alkanes of at least 4 members (excludes halogenated alkanes) is 2. The lowest BCUT2D eigenvalue weighted by Gasteiger charge is -2.30. The second kappa shape index (κ2) is 8.15. The minimum atomic E-state index is 0.967. The van der Waals surface area contributed by atoms with Crippen LogP contribution in [-0.4, -0.2) is 24.5 Å². The van der Waals surface area contributed by atoms with Crippen molar-refractivity contribution in [1.29, 1.82) is 0 Å². The van der Waals surface area contributed by atoms with Crippen molar-refractivity contribution in [1.82, 2.24) is 4.90 Å². The van der Waals surface area contributed by atoms with E-state index in [9.17, 15) is 0 Å². The molecule has 1 nitrogen and oxygen atoms in total. The maximum Gasteiger partial charge on any atom is 0.000955 e. The molecule has 0 spiro atoms. The Bertz CT molecular complexity index is 138. The molecule has 0 N–H and O–H groups in total. The predicted molar refractivity (Wildman–Crippen MR) is 68.2 cm³/mol. The molecule has 1 atom stereocenters. The van der Waals surface area contributed by atoms with Gasteiger partial charge in [-0.25, -0.2) is 0 Å². The molecule has 0 amide bonds. The number of hydrogen-bond acceptors (Lipinski definition) is 1. The van der Waals surface area contributed by atoms with Crippen molar-refractivity contribution in [2.75, 3.05) is 19.6 Å². The monoisotopic (exact) mass is 211 g/mol. The van der Waals surface area contributed by atoms with Crippen molar-refractivity contribution in [2.45, 2.75) is 65.2 Å². The summed E-state index contributed by atoms with van der Waals surface area (Å²) in [5.41, 5.74) is 0. The van der Waals surface area contributed by atoms with E-state index in [1.807, 2.05) is 0 Å². The first-order valence-electron chi connectivity index (χ1n) is 7.09. The molecule has 0 saturated carbocycles. The SMILES string of the molecule is CCCCCC(CC)CN1CCCCC1. The zero-order valence-corrected chi connectivity index (χ0v) is 10.8. The van der Waals surface area contributed by atoms with Gasteiger partial charge in [-0.3, -0.25) is 0 Å². The molecule has 0 aromatic heterocycles. The minimum absolute atomic E-state index is 0.967. The summed E-state index contributed by atoms with van der Waals surface area (Å²) in [6.07, 6.45) is 11.4. The van der Waals surface area contributed by atoms with E-state index >= 15 is 0 Å². The van der Waals surface area contributed by atoms with Crippen molar-refractivity contribution in [3.63, 3.8) is 0 Å². The summed E-state index contributed by atoms with van der Waals surface area (Å²) >= 11 is 0. The van der Waals surface area contributed by atoms with E-state index < -0.39 is 0 Å². The van der Waals surface area contributed by atoms with Gasteiger partial charge in [-0.05, 0) is 38.3 Å². The fourth-order valence-corrected chi connectivity index (χ4v) is 2.61. The van der Waals surface area contributed by atoms with Gasteiger partial charge in [0.25, 0.3) is 0 Å². The first-order valence-corrected chi connectivity index (χ1v) is 7.09. The summed E-state index contributed by atoms with van der Waals surface area (Å²) in [5, 5.41) is 0. The molecule has 1 heteroatoms. The Hall–Kier alpha value is -0.0400. The van der Waals surface area contributed by atoms with Crippen LogP contribution in [0.5, 0.6) is 0 Å². The van der Waals surface area contributed by atoms with E-state index in [2.05, 4.69) is 18.7 Å². The summed E-state index contributed by atoms with van der Waals surface area (Å²) in [6, 6.07) is 0. The smallest absolute Gasteiger partial charge is 0.000955 e. The van der Waals surface area contributed by atoms with Crippen LogP contribution in [0.2, 0.25) is 0 Å². The molecule has 0 bridgehead atoms. The topological polar surface area (TPSA) is 3.24 Å². The maximum atomic E-state index is 2.70. The van der Waals surface area contributed by atoms with Gasteiger partial charge in [-0.1, -0.05) is 46.0 Å². The molecule has 1 aliphatic heterocycles. The molecule has 1 fully saturated rings. The fraction of sp³-hybridized carbons (Fsp3) is 1.00. The Morgan fingerprint density at radius 3 is 2.33 bits per heavy atom. The van der Waals surface area contributed by atoms with E-state index in [-0.39, 0.29) is 0 Å². The second-order valence-electron chi connectivity index (χ2n) is 5.13. The molecule has 1 aliphatic rings. The Labute approximate surface area is 96.2 Å². The number of likely N-dealkylation sites (tertiary alicyclic amines) is 1. The highest BCUT2D eigenvalue weighted by Gasteiger charge is 2.14. The van der Waals surface area contributed by atoms with E-state index in [0.717, 1.165) is 5.92 Å². The third-order valence-corrected chi connectivity index (χ3v) is 3.76. The summed E-state index contributed by atoms with van der Waals surface area (Å²) in [6.45, 7) is 8.76. The van der Waals surface area contributed by atoms with Crippen LogP contribution in [0.25, 0.3) is 0 Å². The van der Waals surface area contributed by atoms with Gasteiger partial charge in [-0.15, -0.1) is 0 Å². The molecular formula is C14H29N. The van der Waals surface area contributed by atoms with Gasteiger partial charge in [0, 0.05) is 6.54 Å². The Balaban J connectivity index is 2.13. The average Bonchev–Trinajstić information content (AvgIpc) is 2.29. The summed E-state index contributed by atoms with van der Waals surface area (Å²) < 4.78 is 0. The third kappa shape index (κ3) is 5.55. The maximum absolute atomic E-state index is 2.70. The molecule has 15 heavy (non-hydrogen) atoms. The van der Waals surface area contributed by atoms with Crippen LogP contribution in [0.3, 0.4) is 0 Å². The fourth-order valence-electron chi connectivity index (χ4n) is 2.61. The van der Waals surface area contributed by atoms with Crippen LogP contribution < -0.4 is 0 Å². The summed E-state index contributed by atoms with van der Waals surface area (Å²) in [5.74, 6) is 0.967. The molecule has 0 aromatic carbocycles. The van der Waals surface area contributed by atoms with Crippen LogP contribution in [0.15, 0.2) is 0 Å². The first kappa shape index (κ1) is 13.0. The lowest BCUT2D eigenvalue weighted by atomic mass is 9.97. The molecule has 1 saturated heterocycles. The quantitative estimate of drug-likeness (QED) is 0.574. The average molecular weight is 211 g/mol. The number of nitrogens with zero attached hydrogens (tertiary/aromatic N) is 1. The standard InChI is InChI=1S/C14H29N/c1-3-5-7-10-14(4-2)13-15-11-8-6-9-12-15/h14H,3-13H2,1-2H3. The molecule has 0 aromatic rings. The molecule has 1 unspecified atom stereocenters. The van der Waals surface area contributed by atoms with E-state index in [0.29, 0.717) is 0 Å². The highest BCUT2D eigenvalue weighted by molar-refractivity contribution is 4.69. The Morgan fingerprint density at radius 2 is 1.73 bits per heavy atom. The third-order valence-electron chi connectivity index (χ3n) is 3.76.